The van der Waals surface area contributed by atoms with Crippen molar-refractivity contribution in [1.29, 1.82) is 5.26 Å². The summed E-state index contributed by atoms with van der Waals surface area (Å²) in [7, 11) is 0. The fourth-order valence-electron chi connectivity index (χ4n) is 1.43. The Morgan fingerprint density at radius 1 is 1.35 bits per heavy atom. The largest absolute Gasteiger partial charge is 0.481 e. The van der Waals surface area contributed by atoms with Crippen molar-refractivity contribution in [3.05, 3.63) is 0 Å². The minimum absolute atomic E-state index is 0.0184. The number of nitriles is 1. The highest BCUT2D eigenvalue weighted by atomic mass is 16.4. The third-order valence-electron chi connectivity index (χ3n) is 2.86. The fourth-order valence-corrected chi connectivity index (χ4v) is 1.43. The van der Waals surface area contributed by atoms with Crippen molar-refractivity contribution in [3.8, 4) is 6.07 Å². The summed E-state index contributed by atoms with van der Waals surface area (Å²) in [5, 5.41) is 26.3. The van der Waals surface area contributed by atoms with Gasteiger partial charge in [-0.1, -0.05) is 0 Å². The summed E-state index contributed by atoms with van der Waals surface area (Å²) >= 11 is 0. The Morgan fingerprint density at radius 3 is 2.18 bits per heavy atom. The lowest BCUT2D eigenvalue weighted by Gasteiger charge is -2.24. The molecular weight excluding hydrogens is 226 g/mol. The molecule has 2 N–H and O–H groups in total. The molecule has 2 unspecified atom stereocenters. The number of aliphatic carboxylic acids is 2. The highest BCUT2D eigenvalue weighted by molar-refractivity contribution is 6.01. The molecule has 0 fully saturated rings. The summed E-state index contributed by atoms with van der Waals surface area (Å²) in [4.78, 5) is 33.2. The highest BCUT2D eigenvalue weighted by Gasteiger charge is 2.41. The molecule has 0 aliphatic carbocycles. The molecule has 6 nitrogen and oxygen atoms in total. The quantitative estimate of drug-likeness (QED) is 0.644. The standard InChI is InChI=1S/C11H15NO5/c1-7(13)11(2,10(16)17)6-8(9(14)15)4-3-5-12/h8H,3-4,6H2,1-2H3,(H,14,15)(H,16,17). The number of rotatable bonds is 7. The number of nitrogens with zero attached hydrogens (tertiary/aromatic N) is 1. The van der Waals surface area contributed by atoms with Gasteiger partial charge in [-0.15, -0.1) is 0 Å². The molecule has 0 radical (unpaired) electrons. The van der Waals surface area contributed by atoms with E-state index in [9.17, 15) is 14.4 Å². The Balaban J connectivity index is 4.95. The Hall–Kier alpha value is -1.90. The van der Waals surface area contributed by atoms with E-state index in [0.717, 1.165) is 6.92 Å². The van der Waals surface area contributed by atoms with E-state index in [1.54, 1.807) is 6.07 Å². The summed E-state index contributed by atoms with van der Waals surface area (Å²) < 4.78 is 0. The molecule has 0 spiro atoms. The second kappa shape index (κ2) is 5.99. The van der Waals surface area contributed by atoms with Gasteiger partial charge in [-0.05, 0) is 26.7 Å². The molecule has 0 aliphatic rings. The van der Waals surface area contributed by atoms with Crippen LogP contribution in [-0.4, -0.2) is 27.9 Å². The van der Waals surface area contributed by atoms with Gasteiger partial charge in [0.1, 0.15) is 11.2 Å². The maximum absolute atomic E-state index is 11.3. The normalized spacial score (nSPS) is 15.4. The van der Waals surface area contributed by atoms with Crippen LogP contribution < -0.4 is 0 Å². The number of carbonyl (C=O) groups excluding carboxylic acids is 1. The molecule has 94 valence electrons. The van der Waals surface area contributed by atoms with Gasteiger partial charge < -0.3 is 10.2 Å². The Bertz CT molecular complexity index is 355. The van der Waals surface area contributed by atoms with Gasteiger partial charge in [-0.25, -0.2) is 0 Å². The molecule has 0 aromatic carbocycles. The van der Waals surface area contributed by atoms with Crippen LogP contribution in [0.4, 0.5) is 0 Å². The summed E-state index contributed by atoms with van der Waals surface area (Å²) in [5.74, 6) is -4.12. The third-order valence-corrected chi connectivity index (χ3v) is 2.86. The molecule has 0 aromatic rings. The van der Waals surface area contributed by atoms with E-state index >= 15 is 0 Å². The molecule has 0 saturated heterocycles. The van der Waals surface area contributed by atoms with Crippen LogP contribution in [0.1, 0.15) is 33.1 Å². The molecule has 0 amide bonds. The summed E-state index contributed by atoms with van der Waals surface area (Å²) in [6.45, 7) is 2.33. The minimum atomic E-state index is -1.71. The van der Waals surface area contributed by atoms with Crippen molar-refractivity contribution in [2.24, 2.45) is 11.3 Å². The highest BCUT2D eigenvalue weighted by Crippen LogP contribution is 2.30. The number of Topliss-reactive ketones (excluding diaryl/α,β-unsaturated/α-hetero) is 1. The van der Waals surface area contributed by atoms with Crippen molar-refractivity contribution in [3.63, 3.8) is 0 Å². The minimum Gasteiger partial charge on any atom is -0.481 e. The van der Waals surface area contributed by atoms with Crippen molar-refractivity contribution >= 4 is 17.7 Å². The first-order valence-corrected chi connectivity index (χ1v) is 5.10. The van der Waals surface area contributed by atoms with Crippen LogP contribution in [0, 0.1) is 22.7 Å². The maximum atomic E-state index is 11.3. The zero-order chi connectivity index (χ0) is 13.6. The SMILES string of the molecule is CC(=O)C(C)(CC(CCC#N)C(=O)O)C(=O)O. The monoisotopic (exact) mass is 241 g/mol. The Morgan fingerprint density at radius 2 is 1.88 bits per heavy atom. The van der Waals surface area contributed by atoms with E-state index in [1.807, 2.05) is 0 Å². The van der Waals surface area contributed by atoms with Gasteiger partial charge in [0.05, 0.1) is 12.0 Å². The molecular formula is C11H15NO5. The van der Waals surface area contributed by atoms with Gasteiger partial charge in [0, 0.05) is 6.42 Å². The number of carbonyl (C=O) groups is 3. The first kappa shape index (κ1) is 15.1. The van der Waals surface area contributed by atoms with Gasteiger partial charge in [0.2, 0.25) is 0 Å². The van der Waals surface area contributed by atoms with Crippen LogP contribution in [0.5, 0.6) is 0 Å². The molecule has 0 saturated carbocycles. The van der Waals surface area contributed by atoms with Crippen molar-refractivity contribution < 1.29 is 24.6 Å². The van der Waals surface area contributed by atoms with Crippen LogP contribution in [0.15, 0.2) is 0 Å². The van der Waals surface area contributed by atoms with Gasteiger partial charge in [0.15, 0.2) is 0 Å². The lowest BCUT2D eigenvalue weighted by molar-refractivity contribution is -0.156. The lowest BCUT2D eigenvalue weighted by Crippen LogP contribution is -2.38. The van der Waals surface area contributed by atoms with E-state index in [1.165, 1.54) is 6.92 Å². The number of hydrogen-bond acceptors (Lipinski definition) is 4. The zero-order valence-electron chi connectivity index (χ0n) is 9.77. The number of ketones is 1. The van der Waals surface area contributed by atoms with Gasteiger partial charge in [-0.2, -0.15) is 5.26 Å². The van der Waals surface area contributed by atoms with Crippen LogP contribution in [-0.2, 0) is 14.4 Å². The Labute approximate surface area is 98.9 Å². The molecule has 17 heavy (non-hydrogen) atoms. The van der Waals surface area contributed by atoms with Gasteiger partial charge >= 0.3 is 11.9 Å². The summed E-state index contributed by atoms with van der Waals surface area (Å²) in [6.07, 6.45) is -0.235. The molecule has 0 heterocycles. The second-order valence-electron chi connectivity index (χ2n) is 4.13. The average molecular weight is 241 g/mol. The van der Waals surface area contributed by atoms with Crippen LogP contribution in [0.25, 0.3) is 0 Å². The number of carboxylic acid groups (broad SMARTS) is 2. The van der Waals surface area contributed by atoms with Crippen molar-refractivity contribution in [2.45, 2.75) is 33.1 Å². The topological polar surface area (TPSA) is 115 Å². The van der Waals surface area contributed by atoms with Gasteiger partial charge in [0.25, 0.3) is 0 Å². The molecule has 0 aliphatic heterocycles. The van der Waals surface area contributed by atoms with E-state index < -0.39 is 29.1 Å². The van der Waals surface area contributed by atoms with Crippen molar-refractivity contribution in [1.82, 2.24) is 0 Å². The first-order valence-electron chi connectivity index (χ1n) is 5.10. The maximum Gasteiger partial charge on any atom is 0.316 e. The van der Waals surface area contributed by atoms with E-state index in [4.69, 9.17) is 15.5 Å². The zero-order valence-corrected chi connectivity index (χ0v) is 9.77. The summed E-state index contributed by atoms with van der Waals surface area (Å²) in [5.41, 5.74) is -1.71. The molecule has 2 atom stereocenters. The van der Waals surface area contributed by atoms with E-state index in [0.29, 0.717) is 0 Å². The molecule has 0 bridgehead atoms. The first-order chi connectivity index (χ1) is 7.75. The molecule has 0 rings (SSSR count). The fraction of sp³-hybridized carbons (Fsp3) is 0.636. The van der Waals surface area contributed by atoms with Crippen LogP contribution >= 0.6 is 0 Å². The van der Waals surface area contributed by atoms with Crippen molar-refractivity contribution in [2.75, 3.05) is 0 Å². The average Bonchev–Trinajstić information content (AvgIpc) is 2.22. The van der Waals surface area contributed by atoms with E-state index in [-0.39, 0.29) is 19.3 Å². The predicted octanol–water partition coefficient (Wildman–Crippen LogP) is 1.06. The third kappa shape index (κ3) is 3.87. The molecule has 0 aromatic heterocycles. The Kier molecular flexibility index (Phi) is 5.32. The van der Waals surface area contributed by atoms with E-state index in [2.05, 4.69) is 0 Å². The smallest absolute Gasteiger partial charge is 0.316 e. The van der Waals surface area contributed by atoms with Crippen LogP contribution in [0.3, 0.4) is 0 Å². The van der Waals surface area contributed by atoms with Gasteiger partial charge in [-0.3, -0.25) is 14.4 Å². The lowest BCUT2D eigenvalue weighted by atomic mass is 9.77. The predicted molar refractivity (Wildman–Crippen MR) is 57.0 cm³/mol. The van der Waals surface area contributed by atoms with Crippen LogP contribution in [0.2, 0.25) is 0 Å². The number of carboxylic acids is 2. The second-order valence-corrected chi connectivity index (χ2v) is 4.13. The number of hydrogen-bond donors (Lipinski definition) is 2. The molecule has 6 heteroatoms. The summed E-state index contributed by atoms with van der Waals surface area (Å²) in [6, 6.07) is 1.80.